The SMILES string of the molecule is BrCC(Br)Cn1cc[n+](CC(Br)CBr)c1. The van der Waals surface area contributed by atoms with E-state index in [-0.39, 0.29) is 0 Å². The summed E-state index contributed by atoms with van der Waals surface area (Å²) in [6.07, 6.45) is 6.34. The average molecular weight is 469 g/mol. The Morgan fingerprint density at radius 2 is 1.80 bits per heavy atom. The highest BCUT2D eigenvalue weighted by molar-refractivity contribution is 9.12. The minimum Gasteiger partial charge on any atom is -0.236 e. The fourth-order valence-electron chi connectivity index (χ4n) is 1.21. The van der Waals surface area contributed by atoms with E-state index in [4.69, 9.17) is 0 Å². The van der Waals surface area contributed by atoms with Crippen molar-refractivity contribution in [2.24, 2.45) is 0 Å². The van der Waals surface area contributed by atoms with Gasteiger partial charge in [-0.15, -0.1) is 0 Å². The van der Waals surface area contributed by atoms with E-state index in [0.717, 1.165) is 23.7 Å². The summed E-state index contributed by atoms with van der Waals surface area (Å²) in [5, 5.41) is 1.93. The maximum atomic E-state index is 3.59. The molecule has 2 unspecified atom stereocenters. The van der Waals surface area contributed by atoms with Crippen molar-refractivity contribution in [3.63, 3.8) is 0 Å². The monoisotopic (exact) mass is 465 g/mol. The Hall–Kier alpha value is 1.13. The van der Waals surface area contributed by atoms with E-state index in [9.17, 15) is 0 Å². The van der Waals surface area contributed by atoms with Crippen LogP contribution in [-0.2, 0) is 13.1 Å². The number of hydrogen-bond acceptors (Lipinski definition) is 0. The van der Waals surface area contributed by atoms with E-state index in [0.29, 0.717) is 9.65 Å². The summed E-state index contributed by atoms with van der Waals surface area (Å²) in [5.41, 5.74) is 0. The van der Waals surface area contributed by atoms with Gasteiger partial charge in [0.05, 0.1) is 9.65 Å². The molecule has 0 fully saturated rings. The van der Waals surface area contributed by atoms with Crippen molar-refractivity contribution in [1.82, 2.24) is 4.57 Å². The molecule has 0 radical (unpaired) electrons. The fraction of sp³-hybridized carbons (Fsp3) is 0.667. The number of halogens is 4. The third kappa shape index (κ3) is 5.33. The number of alkyl halides is 4. The van der Waals surface area contributed by atoms with Crippen LogP contribution in [0.3, 0.4) is 0 Å². The van der Waals surface area contributed by atoms with Gasteiger partial charge in [0.15, 0.2) is 0 Å². The van der Waals surface area contributed by atoms with Crippen LogP contribution >= 0.6 is 63.7 Å². The second-order valence-electron chi connectivity index (χ2n) is 3.31. The fourth-order valence-corrected chi connectivity index (χ4v) is 2.29. The maximum absolute atomic E-state index is 3.59. The summed E-state index contributed by atoms with van der Waals surface area (Å²) in [5.74, 6) is 0. The lowest BCUT2D eigenvalue weighted by atomic mass is 10.5. The van der Waals surface area contributed by atoms with Gasteiger partial charge in [0.1, 0.15) is 25.5 Å². The lowest BCUT2D eigenvalue weighted by molar-refractivity contribution is -0.694. The van der Waals surface area contributed by atoms with Gasteiger partial charge >= 0.3 is 0 Å². The van der Waals surface area contributed by atoms with Crippen molar-refractivity contribution in [3.8, 4) is 0 Å². The highest BCUT2D eigenvalue weighted by Gasteiger charge is 2.11. The molecule has 0 saturated heterocycles. The van der Waals surface area contributed by atoms with Gasteiger partial charge in [-0.1, -0.05) is 63.7 Å². The van der Waals surface area contributed by atoms with E-state index < -0.39 is 0 Å². The van der Waals surface area contributed by atoms with E-state index in [1.807, 2.05) is 0 Å². The van der Waals surface area contributed by atoms with Crippen LogP contribution in [-0.4, -0.2) is 24.9 Å². The Bertz CT molecular complexity index is 263. The molecule has 86 valence electrons. The predicted octanol–water partition coefficient (Wildman–Crippen LogP) is 3.09. The van der Waals surface area contributed by atoms with Gasteiger partial charge in [0.2, 0.25) is 6.33 Å². The molecule has 0 aliphatic rings. The Labute approximate surface area is 124 Å². The second-order valence-corrected chi connectivity index (χ2v) is 7.20. The largest absolute Gasteiger partial charge is 0.243 e. The summed E-state index contributed by atoms with van der Waals surface area (Å²) in [6.45, 7) is 1.97. The Balaban J connectivity index is 2.49. The zero-order chi connectivity index (χ0) is 11.3. The first-order chi connectivity index (χ1) is 7.15. The number of nitrogens with zero attached hydrogens (tertiary/aromatic N) is 2. The zero-order valence-electron chi connectivity index (χ0n) is 8.12. The van der Waals surface area contributed by atoms with Crippen molar-refractivity contribution in [3.05, 3.63) is 18.7 Å². The molecule has 0 aliphatic carbocycles. The van der Waals surface area contributed by atoms with Crippen LogP contribution in [0, 0.1) is 0 Å². The normalized spacial score (nSPS) is 15.2. The standard InChI is InChI=1S/C9H13Br4N2/c10-3-8(12)5-14-1-2-15(7-14)6-9(13)4-11/h1-2,7-9H,3-6H2/q+1. The first-order valence-electron chi connectivity index (χ1n) is 4.60. The smallest absolute Gasteiger partial charge is 0.236 e. The minimum atomic E-state index is 0.481. The van der Waals surface area contributed by atoms with Crippen molar-refractivity contribution < 1.29 is 4.57 Å². The van der Waals surface area contributed by atoms with Gasteiger partial charge in [-0.2, -0.15) is 0 Å². The summed E-state index contributed by atoms with van der Waals surface area (Å²) >= 11 is 14.1. The van der Waals surface area contributed by atoms with Crippen LogP contribution in [0.25, 0.3) is 0 Å². The number of imidazole rings is 1. The predicted molar refractivity (Wildman–Crippen MR) is 77.6 cm³/mol. The van der Waals surface area contributed by atoms with Crippen molar-refractivity contribution in [2.45, 2.75) is 22.7 Å². The van der Waals surface area contributed by atoms with Gasteiger partial charge in [-0.25, -0.2) is 9.13 Å². The summed E-state index contributed by atoms with van der Waals surface area (Å²) in [7, 11) is 0. The molecule has 0 aromatic carbocycles. The summed E-state index contributed by atoms with van der Waals surface area (Å²) in [4.78, 5) is 0.962. The number of rotatable bonds is 6. The topological polar surface area (TPSA) is 8.81 Å². The van der Waals surface area contributed by atoms with Gasteiger partial charge in [-0.3, -0.25) is 0 Å². The molecular weight excluding hydrogens is 456 g/mol. The number of hydrogen-bond donors (Lipinski definition) is 0. The van der Waals surface area contributed by atoms with Crippen molar-refractivity contribution in [1.29, 1.82) is 0 Å². The van der Waals surface area contributed by atoms with Crippen LogP contribution in [0.4, 0.5) is 0 Å². The second kappa shape index (κ2) is 7.45. The van der Waals surface area contributed by atoms with Crippen LogP contribution < -0.4 is 4.57 Å². The summed E-state index contributed by atoms with van der Waals surface area (Å²) in [6, 6.07) is 0. The van der Waals surface area contributed by atoms with Gasteiger partial charge in [0.25, 0.3) is 0 Å². The lowest BCUT2D eigenvalue weighted by Gasteiger charge is -2.02. The molecule has 1 heterocycles. The third-order valence-corrected chi connectivity index (χ3v) is 6.43. The molecule has 2 nitrogen and oxygen atoms in total. The third-order valence-electron chi connectivity index (χ3n) is 1.90. The van der Waals surface area contributed by atoms with E-state index in [2.05, 4.69) is 91.6 Å². The first kappa shape index (κ1) is 14.2. The molecule has 6 heteroatoms. The van der Waals surface area contributed by atoms with Gasteiger partial charge in [-0.05, 0) is 0 Å². The number of aromatic nitrogens is 2. The summed E-state index contributed by atoms with van der Waals surface area (Å²) < 4.78 is 4.38. The average Bonchev–Trinajstić information content (AvgIpc) is 2.65. The molecular formula is C9H13Br4N2+. The molecule has 0 saturated carbocycles. The van der Waals surface area contributed by atoms with Crippen LogP contribution in [0.15, 0.2) is 18.7 Å². The highest BCUT2D eigenvalue weighted by atomic mass is 79.9. The maximum Gasteiger partial charge on any atom is 0.243 e. The van der Waals surface area contributed by atoms with E-state index in [1.54, 1.807) is 0 Å². The molecule has 2 atom stereocenters. The molecule has 0 aliphatic heterocycles. The molecule has 15 heavy (non-hydrogen) atoms. The van der Waals surface area contributed by atoms with Crippen LogP contribution in [0.2, 0.25) is 0 Å². The minimum absolute atomic E-state index is 0.481. The molecule has 1 aromatic heterocycles. The molecule has 0 bridgehead atoms. The molecule has 1 aromatic rings. The van der Waals surface area contributed by atoms with Crippen molar-refractivity contribution >= 4 is 63.7 Å². The van der Waals surface area contributed by atoms with Gasteiger partial charge < -0.3 is 0 Å². The molecule has 0 amide bonds. The molecule has 1 rings (SSSR count). The van der Waals surface area contributed by atoms with Crippen LogP contribution in [0.1, 0.15) is 0 Å². The lowest BCUT2D eigenvalue weighted by Crippen LogP contribution is -2.36. The zero-order valence-corrected chi connectivity index (χ0v) is 14.5. The van der Waals surface area contributed by atoms with Gasteiger partial charge in [0, 0.05) is 10.7 Å². The Morgan fingerprint density at radius 3 is 2.40 bits per heavy atom. The van der Waals surface area contributed by atoms with E-state index in [1.165, 1.54) is 0 Å². The molecule has 0 spiro atoms. The Kier molecular flexibility index (Phi) is 7.05. The highest BCUT2D eigenvalue weighted by Crippen LogP contribution is 2.07. The van der Waals surface area contributed by atoms with E-state index >= 15 is 0 Å². The molecule has 0 N–H and O–H groups in total. The Morgan fingerprint density at radius 1 is 1.13 bits per heavy atom. The van der Waals surface area contributed by atoms with Crippen LogP contribution in [0.5, 0.6) is 0 Å². The first-order valence-corrected chi connectivity index (χ1v) is 8.68. The quantitative estimate of drug-likeness (QED) is 0.448. The van der Waals surface area contributed by atoms with Crippen molar-refractivity contribution in [2.75, 3.05) is 10.7 Å².